The quantitative estimate of drug-likeness (QED) is 0.862. The average Bonchev–Trinajstić information content (AvgIpc) is 2.86. The molecule has 0 saturated heterocycles. The molecular weight excluding hydrogens is 231 g/mol. The first kappa shape index (κ1) is 13.0. The SMILES string of the molecule is Cc1cccc(NC(=O)CNC2CCCC2)c1F. The minimum absolute atomic E-state index is 0.189. The Morgan fingerprint density at radius 1 is 1.39 bits per heavy atom. The maximum atomic E-state index is 13.7. The highest BCUT2D eigenvalue weighted by Gasteiger charge is 2.15. The fraction of sp³-hybridized carbons (Fsp3) is 0.500. The van der Waals surface area contributed by atoms with Crippen LogP contribution in [0, 0.1) is 12.7 Å². The van der Waals surface area contributed by atoms with Crippen LogP contribution < -0.4 is 10.6 Å². The molecule has 0 unspecified atom stereocenters. The van der Waals surface area contributed by atoms with Crippen molar-refractivity contribution in [2.45, 2.75) is 38.6 Å². The fourth-order valence-corrected chi connectivity index (χ4v) is 2.31. The molecule has 0 radical (unpaired) electrons. The van der Waals surface area contributed by atoms with Crippen molar-refractivity contribution in [2.75, 3.05) is 11.9 Å². The summed E-state index contributed by atoms with van der Waals surface area (Å²) in [6.45, 7) is 1.93. The summed E-state index contributed by atoms with van der Waals surface area (Å²) in [5.41, 5.74) is 0.796. The predicted molar refractivity (Wildman–Crippen MR) is 70.0 cm³/mol. The van der Waals surface area contributed by atoms with Gasteiger partial charge in [0.15, 0.2) is 0 Å². The molecule has 1 aliphatic rings. The maximum absolute atomic E-state index is 13.7. The number of aryl methyl sites for hydroxylation is 1. The summed E-state index contributed by atoms with van der Waals surface area (Å²) in [4.78, 5) is 11.7. The molecule has 3 nitrogen and oxygen atoms in total. The zero-order chi connectivity index (χ0) is 13.0. The van der Waals surface area contributed by atoms with Gasteiger partial charge in [0.25, 0.3) is 0 Å². The molecule has 1 aliphatic carbocycles. The van der Waals surface area contributed by atoms with Gasteiger partial charge in [-0.15, -0.1) is 0 Å². The first-order valence-electron chi connectivity index (χ1n) is 6.45. The molecule has 1 fully saturated rings. The lowest BCUT2D eigenvalue weighted by Crippen LogP contribution is -2.34. The van der Waals surface area contributed by atoms with E-state index in [0.717, 1.165) is 12.8 Å². The second-order valence-electron chi connectivity index (χ2n) is 4.85. The van der Waals surface area contributed by atoms with Crippen molar-refractivity contribution in [2.24, 2.45) is 0 Å². The molecule has 1 aromatic carbocycles. The monoisotopic (exact) mass is 250 g/mol. The zero-order valence-corrected chi connectivity index (χ0v) is 10.6. The minimum Gasteiger partial charge on any atom is -0.322 e. The molecule has 2 N–H and O–H groups in total. The molecule has 4 heteroatoms. The second kappa shape index (κ2) is 5.96. The summed E-state index contributed by atoms with van der Waals surface area (Å²) in [6, 6.07) is 5.44. The van der Waals surface area contributed by atoms with E-state index in [1.165, 1.54) is 12.8 Å². The summed E-state index contributed by atoms with van der Waals surface area (Å²) in [5, 5.41) is 5.80. The zero-order valence-electron chi connectivity index (χ0n) is 10.6. The molecule has 1 aromatic rings. The van der Waals surface area contributed by atoms with Crippen LogP contribution in [-0.2, 0) is 4.79 Å². The van der Waals surface area contributed by atoms with E-state index in [9.17, 15) is 9.18 Å². The Balaban J connectivity index is 1.84. The van der Waals surface area contributed by atoms with Gasteiger partial charge in [-0.1, -0.05) is 25.0 Å². The molecular formula is C14H19FN2O. The van der Waals surface area contributed by atoms with E-state index >= 15 is 0 Å². The smallest absolute Gasteiger partial charge is 0.238 e. The second-order valence-corrected chi connectivity index (χ2v) is 4.85. The summed E-state index contributed by atoms with van der Waals surface area (Å²) >= 11 is 0. The van der Waals surface area contributed by atoms with Crippen LogP contribution in [0.2, 0.25) is 0 Å². The normalized spacial score (nSPS) is 15.9. The van der Waals surface area contributed by atoms with Gasteiger partial charge in [-0.3, -0.25) is 4.79 Å². The van der Waals surface area contributed by atoms with Crippen LogP contribution in [0.25, 0.3) is 0 Å². The standard InChI is InChI=1S/C14H19FN2O/c1-10-5-4-8-12(14(10)15)17-13(18)9-16-11-6-2-3-7-11/h4-5,8,11,16H,2-3,6-7,9H2,1H3,(H,17,18). The van der Waals surface area contributed by atoms with Crippen molar-refractivity contribution in [3.8, 4) is 0 Å². The van der Waals surface area contributed by atoms with Gasteiger partial charge in [0, 0.05) is 6.04 Å². The van der Waals surface area contributed by atoms with Gasteiger partial charge >= 0.3 is 0 Å². The lowest BCUT2D eigenvalue weighted by molar-refractivity contribution is -0.115. The first-order valence-corrected chi connectivity index (χ1v) is 6.45. The molecule has 0 atom stereocenters. The fourth-order valence-electron chi connectivity index (χ4n) is 2.31. The molecule has 1 amide bonds. The molecule has 1 saturated carbocycles. The summed E-state index contributed by atoms with van der Waals surface area (Å²) in [5.74, 6) is -0.543. The Kier molecular flexibility index (Phi) is 4.31. The Hall–Kier alpha value is -1.42. The van der Waals surface area contributed by atoms with Crippen LogP contribution in [0.5, 0.6) is 0 Å². The lowest BCUT2D eigenvalue weighted by atomic mass is 10.2. The Morgan fingerprint density at radius 2 is 2.11 bits per heavy atom. The van der Waals surface area contributed by atoms with Crippen LogP contribution >= 0.6 is 0 Å². The molecule has 0 spiro atoms. The number of rotatable bonds is 4. The number of carbonyl (C=O) groups is 1. The molecule has 0 aliphatic heterocycles. The number of amides is 1. The predicted octanol–water partition coefficient (Wildman–Crippen LogP) is 2.60. The van der Waals surface area contributed by atoms with E-state index in [1.54, 1.807) is 25.1 Å². The van der Waals surface area contributed by atoms with Gasteiger partial charge in [0.05, 0.1) is 12.2 Å². The van der Waals surface area contributed by atoms with Gasteiger partial charge in [0.2, 0.25) is 5.91 Å². The van der Waals surface area contributed by atoms with Crippen LogP contribution in [0.1, 0.15) is 31.2 Å². The molecule has 0 bridgehead atoms. The number of halogens is 1. The van der Waals surface area contributed by atoms with Crippen molar-refractivity contribution in [3.05, 3.63) is 29.6 Å². The van der Waals surface area contributed by atoms with Crippen molar-refractivity contribution in [3.63, 3.8) is 0 Å². The molecule has 2 rings (SSSR count). The van der Waals surface area contributed by atoms with Crippen molar-refractivity contribution in [1.82, 2.24) is 5.32 Å². The van der Waals surface area contributed by atoms with Crippen LogP contribution in [0.3, 0.4) is 0 Å². The topological polar surface area (TPSA) is 41.1 Å². The Morgan fingerprint density at radius 3 is 2.83 bits per heavy atom. The number of benzene rings is 1. The van der Waals surface area contributed by atoms with E-state index in [0.29, 0.717) is 11.6 Å². The Labute approximate surface area is 107 Å². The maximum Gasteiger partial charge on any atom is 0.238 e. The lowest BCUT2D eigenvalue weighted by Gasteiger charge is -2.12. The van der Waals surface area contributed by atoms with Crippen molar-refractivity contribution in [1.29, 1.82) is 0 Å². The van der Waals surface area contributed by atoms with Crippen LogP contribution in [0.15, 0.2) is 18.2 Å². The molecule has 98 valence electrons. The van der Waals surface area contributed by atoms with E-state index in [1.807, 2.05) is 0 Å². The van der Waals surface area contributed by atoms with Gasteiger partial charge in [0.1, 0.15) is 5.82 Å². The van der Waals surface area contributed by atoms with Gasteiger partial charge in [-0.25, -0.2) is 4.39 Å². The van der Waals surface area contributed by atoms with E-state index < -0.39 is 0 Å². The number of anilines is 1. The summed E-state index contributed by atoms with van der Waals surface area (Å²) in [6.07, 6.45) is 4.72. The largest absolute Gasteiger partial charge is 0.322 e. The third-order valence-corrected chi connectivity index (χ3v) is 3.37. The van der Waals surface area contributed by atoms with Gasteiger partial charge in [-0.05, 0) is 31.4 Å². The summed E-state index contributed by atoms with van der Waals surface area (Å²) < 4.78 is 13.7. The van der Waals surface area contributed by atoms with Crippen molar-refractivity contribution >= 4 is 11.6 Å². The number of hydrogen-bond donors (Lipinski definition) is 2. The molecule has 0 aromatic heterocycles. The minimum atomic E-state index is -0.355. The van der Waals surface area contributed by atoms with Gasteiger partial charge in [-0.2, -0.15) is 0 Å². The van der Waals surface area contributed by atoms with Crippen LogP contribution in [0.4, 0.5) is 10.1 Å². The van der Waals surface area contributed by atoms with E-state index in [-0.39, 0.29) is 24.0 Å². The average molecular weight is 250 g/mol. The van der Waals surface area contributed by atoms with Crippen LogP contribution in [-0.4, -0.2) is 18.5 Å². The highest BCUT2D eigenvalue weighted by molar-refractivity contribution is 5.92. The van der Waals surface area contributed by atoms with E-state index in [2.05, 4.69) is 10.6 Å². The summed E-state index contributed by atoms with van der Waals surface area (Å²) in [7, 11) is 0. The Bertz CT molecular complexity index is 428. The third-order valence-electron chi connectivity index (χ3n) is 3.37. The first-order chi connectivity index (χ1) is 8.66. The van der Waals surface area contributed by atoms with E-state index in [4.69, 9.17) is 0 Å². The number of carbonyl (C=O) groups excluding carboxylic acids is 1. The molecule has 18 heavy (non-hydrogen) atoms. The number of nitrogens with one attached hydrogen (secondary N) is 2. The number of hydrogen-bond acceptors (Lipinski definition) is 2. The van der Waals surface area contributed by atoms with Crippen molar-refractivity contribution < 1.29 is 9.18 Å². The van der Waals surface area contributed by atoms with Gasteiger partial charge < -0.3 is 10.6 Å². The third kappa shape index (κ3) is 3.29. The molecule has 0 heterocycles. The highest BCUT2D eigenvalue weighted by Crippen LogP contribution is 2.18. The highest BCUT2D eigenvalue weighted by atomic mass is 19.1.